The van der Waals surface area contributed by atoms with Gasteiger partial charge in [-0.1, -0.05) is 0 Å². The van der Waals surface area contributed by atoms with Crippen LogP contribution in [0.1, 0.15) is 2.85 Å². The van der Waals surface area contributed by atoms with E-state index in [2.05, 4.69) is 0 Å². The van der Waals surface area contributed by atoms with Crippen molar-refractivity contribution >= 4 is 103 Å². The molecule has 0 aliphatic rings. The third kappa shape index (κ3) is 8.98. The molecule has 0 radical (unpaired) electrons. The van der Waals surface area contributed by atoms with Crippen LogP contribution in [0.25, 0.3) is 0 Å². The van der Waals surface area contributed by atoms with Gasteiger partial charge in [0.15, 0.2) is 17.4 Å². The van der Waals surface area contributed by atoms with Crippen molar-refractivity contribution in [1.29, 1.82) is 0 Å². The number of hydrogen-bond acceptors (Lipinski definition) is 0. The van der Waals surface area contributed by atoms with Gasteiger partial charge in [0.2, 0.25) is 0 Å². The molecule has 0 amide bonds. The molecule has 0 rings (SSSR count). The predicted molar refractivity (Wildman–Crippen MR) is 36.4 cm³/mol. The second kappa shape index (κ2) is 16.3. The third-order valence-corrected chi connectivity index (χ3v) is 0. The summed E-state index contributed by atoms with van der Waals surface area (Å²) in [5, 5.41) is 0. The number of hydrogen-bond donors (Lipinski definition) is 0. The summed E-state index contributed by atoms with van der Waals surface area (Å²) in [5.74, 6) is 0. The quantitative estimate of drug-likeness (QED) is 0.407. The first-order valence-corrected chi connectivity index (χ1v) is 0. The molecule has 0 nitrogen and oxygen atoms in total. The molecular weight excluding hydrogens is 313 g/mol. The molecule has 0 saturated heterocycles. The summed E-state index contributed by atoms with van der Waals surface area (Å²) in [6, 6.07) is 0. The molecule has 0 aromatic rings. The fraction of sp³-hybridized carbons (Fsp3) is 0. The summed E-state index contributed by atoms with van der Waals surface area (Å²) < 4.78 is 0. The van der Waals surface area contributed by atoms with Gasteiger partial charge in [0, 0.05) is 0 Å². The van der Waals surface area contributed by atoms with Crippen LogP contribution < -0.4 is 0 Å². The average Bonchev–Trinajstić information content (AvgIpc) is 0. The summed E-state index contributed by atoms with van der Waals surface area (Å²) in [6.07, 6.45) is 0. The Kier molecular flexibility index (Phi) is 109. The fourth-order valence-corrected chi connectivity index (χ4v) is 0. The van der Waals surface area contributed by atoms with Gasteiger partial charge in [-0.2, -0.15) is 0 Å². The topological polar surface area (TPSA) is 0 Å². The first-order chi connectivity index (χ1) is 0. The minimum atomic E-state index is 0. The molecule has 0 aliphatic heterocycles. The van der Waals surface area contributed by atoms with Crippen molar-refractivity contribution in [3.05, 3.63) is 0 Å². The van der Waals surface area contributed by atoms with Crippen molar-refractivity contribution in [3.63, 3.8) is 0 Å². The van der Waals surface area contributed by atoms with Crippen molar-refractivity contribution < 1.29 is 2.85 Å². The maximum absolute atomic E-state index is 0. The van der Waals surface area contributed by atoms with Gasteiger partial charge in [-0.25, -0.2) is 0 Å². The third-order valence-electron chi connectivity index (χ3n) is 0. The normalized spacial score (nSPS) is 0. The molecular formula is H10AlBaGaSe. The summed E-state index contributed by atoms with van der Waals surface area (Å²) in [7, 11) is 0. The predicted octanol–water partition coefficient (Wildman–Crippen LogP) is -3.44. The van der Waals surface area contributed by atoms with Gasteiger partial charge in [-0.3, -0.25) is 0 Å². The van der Waals surface area contributed by atoms with E-state index in [-0.39, 0.29) is 106 Å². The van der Waals surface area contributed by atoms with E-state index >= 15 is 0 Å². The number of rotatable bonds is 0. The monoisotopic (exact) mass is 324 g/mol. The molecule has 0 heterocycles. The van der Waals surface area contributed by atoms with E-state index < -0.39 is 0 Å². The van der Waals surface area contributed by atoms with Crippen LogP contribution in [0.2, 0.25) is 0 Å². The van der Waals surface area contributed by atoms with Crippen LogP contribution in [0, 0.1) is 0 Å². The second-order valence-corrected chi connectivity index (χ2v) is 0. The maximum atomic E-state index is 0. The molecule has 0 N–H and O–H groups in total. The van der Waals surface area contributed by atoms with Crippen LogP contribution in [0.15, 0.2) is 0 Å². The van der Waals surface area contributed by atoms with Gasteiger partial charge in [0.25, 0.3) is 0 Å². The van der Waals surface area contributed by atoms with Crippen LogP contribution in [0.4, 0.5) is 0 Å². The SMILES string of the molecule is [AlH3].[Ba+2].[GaH3].[H-].[H-].[SeH2]. The van der Waals surface area contributed by atoms with Crippen LogP contribution in [-0.4, -0.2) is 103 Å². The first-order valence-electron chi connectivity index (χ1n) is 0. The molecule has 0 bridgehead atoms. The Labute approximate surface area is 104 Å². The van der Waals surface area contributed by atoms with Crippen molar-refractivity contribution in [3.8, 4) is 0 Å². The zero-order chi connectivity index (χ0) is 0. The van der Waals surface area contributed by atoms with E-state index in [0.29, 0.717) is 0 Å². The Morgan fingerprint density at radius 1 is 1.25 bits per heavy atom. The summed E-state index contributed by atoms with van der Waals surface area (Å²) >= 11 is 0. The van der Waals surface area contributed by atoms with Gasteiger partial charge in [0.05, 0.1) is 0 Å². The Hall–Kier alpha value is 3.26. The molecule has 0 fully saturated rings. The van der Waals surface area contributed by atoms with Crippen LogP contribution >= 0.6 is 0 Å². The van der Waals surface area contributed by atoms with Crippen molar-refractivity contribution in [2.45, 2.75) is 0 Å². The zero-order valence-electron chi connectivity index (χ0n) is 3.21. The molecule has 0 aliphatic carbocycles. The summed E-state index contributed by atoms with van der Waals surface area (Å²) in [4.78, 5) is 0. The molecule has 0 aromatic carbocycles. The van der Waals surface area contributed by atoms with E-state index in [4.69, 9.17) is 0 Å². The molecule has 0 spiro atoms. The first kappa shape index (κ1) is 26.8. The van der Waals surface area contributed by atoms with Gasteiger partial charge >= 0.3 is 85.7 Å². The Morgan fingerprint density at radius 2 is 1.25 bits per heavy atom. The van der Waals surface area contributed by atoms with E-state index in [0.717, 1.165) is 0 Å². The average molecular weight is 323 g/mol. The fourth-order valence-electron chi connectivity index (χ4n) is 0. The Morgan fingerprint density at radius 3 is 1.25 bits per heavy atom. The van der Waals surface area contributed by atoms with Gasteiger partial charge in [0.1, 0.15) is 0 Å². The molecule has 0 unspecified atom stereocenters. The summed E-state index contributed by atoms with van der Waals surface area (Å²) in [6.45, 7) is 0. The van der Waals surface area contributed by atoms with Crippen LogP contribution in [0.3, 0.4) is 0 Å². The van der Waals surface area contributed by atoms with E-state index in [1.165, 1.54) is 0 Å². The van der Waals surface area contributed by atoms with Gasteiger partial charge < -0.3 is 2.85 Å². The van der Waals surface area contributed by atoms with Crippen molar-refractivity contribution in [2.24, 2.45) is 0 Å². The molecule has 4 heteroatoms. The standard InChI is InChI=1S/Al.Ba.Ga.H2Se.8H/h;;;1H2;;;;;;;;/q;+2;;;;;;;;;2*-1. The molecule has 0 atom stereocenters. The van der Waals surface area contributed by atoms with Gasteiger partial charge in [-0.15, -0.1) is 0 Å². The Bertz CT molecular complexity index is 13.5. The molecule has 0 aromatic heterocycles. The summed E-state index contributed by atoms with van der Waals surface area (Å²) in [5.41, 5.74) is 0. The van der Waals surface area contributed by atoms with Crippen LogP contribution in [-0.2, 0) is 0 Å². The van der Waals surface area contributed by atoms with Crippen molar-refractivity contribution in [1.82, 2.24) is 0 Å². The van der Waals surface area contributed by atoms with E-state index in [9.17, 15) is 0 Å². The van der Waals surface area contributed by atoms with E-state index in [1.807, 2.05) is 0 Å². The van der Waals surface area contributed by atoms with Gasteiger partial charge in [-0.05, 0) is 0 Å². The van der Waals surface area contributed by atoms with Crippen molar-refractivity contribution in [2.75, 3.05) is 0 Å². The minimum absolute atomic E-state index is 0. The van der Waals surface area contributed by atoms with E-state index in [1.54, 1.807) is 0 Å². The van der Waals surface area contributed by atoms with Crippen LogP contribution in [0.5, 0.6) is 0 Å². The molecule has 0 saturated carbocycles. The Balaban J connectivity index is 0. The zero-order valence-corrected chi connectivity index (χ0v) is 7.75. The molecule has 4 heavy (non-hydrogen) atoms. The second-order valence-electron chi connectivity index (χ2n) is 0. The molecule has 24 valence electrons.